The van der Waals surface area contributed by atoms with Crippen molar-refractivity contribution < 1.29 is 33.3 Å². The van der Waals surface area contributed by atoms with E-state index in [1.165, 1.54) is 12.1 Å². The first-order chi connectivity index (χ1) is 14.6. The number of carbonyl (C=O) groups is 3. The SMILES string of the molecule is C=CC(=O)OCCCCOc1ccc(C(=O)Oc2ccc(C=O)cc2OCC)cc1. The molecule has 0 bridgehead atoms. The molecule has 7 nitrogen and oxygen atoms in total. The van der Waals surface area contributed by atoms with Gasteiger partial charge in [0, 0.05) is 11.6 Å². The van der Waals surface area contributed by atoms with Crippen LogP contribution in [0.1, 0.15) is 40.5 Å². The first-order valence-corrected chi connectivity index (χ1v) is 9.53. The van der Waals surface area contributed by atoms with Crippen molar-refractivity contribution in [2.24, 2.45) is 0 Å². The van der Waals surface area contributed by atoms with Crippen molar-refractivity contribution in [1.29, 1.82) is 0 Å². The highest BCUT2D eigenvalue weighted by atomic mass is 16.6. The minimum absolute atomic E-state index is 0.241. The van der Waals surface area contributed by atoms with Crippen LogP contribution in [-0.4, -0.2) is 38.0 Å². The van der Waals surface area contributed by atoms with Crippen LogP contribution < -0.4 is 14.2 Å². The summed E-state index contributed by atoms with van der Waals surface area (Å²) in [6.07, 6.45) is 3.21. The van der Waals surface area contributed by atoms with Crippen molar-refractivity contribution >= 4 is 18.2 Å². The van der Waals surface area contributed by atoms with E-state index in [9.17, 15) is 14.4 Å². The summed E-state index contributed by atoms with van der Waals surface area (Å²) >= 11 is 0. The predicted molar refractivity (Wildman–Crippen MR) is 110 cm³/mol. The molecule has 0 aliphatic carbocycles. The Kier molecular flexibility index (Phi) is 9.12. The topological polar surface area (TPSA) is 88.1 Å². The third kappa shape index (κ3) is 7.09. The van der Waals surface area contributed by atoms with Gasteiger partial charge in [0.05, 0.1) is 25.4 Å². The normalized spacial score (nSPS) is 10.0. The predicted octanol–water partition coefficient (Wildman–Crippen LogP) is 4.01. The van der Waals surface area contributed by atoms with Crippen LogP contribution in [0.3, 0.4) is 0 Å². The largest absolute Gasteiger partial charge is 0.494 e. The number of rotatable bonds is 12. The second-order valence-corrected chi connectivity index (χ2v) is 6.10. The molecule has 0 saturated carbocycles. The highest BCUT2D eigenvalue weighted by Crippen LogP contribution is 2.29. The molecule has 0 atom stereocenters. The summed E-state index contributed by atoms with van der Waals surface area (Å²) in [4.78, 5) is 34.2. The molecule has 0 radical (unpaired) electrons. The fourth-order valence-electron chi connectivity index (χ4n) is 2.42. The van der Waals surface area contributed by atoms with Gasteiger partial charge in [0.2, 0.25) is 0 Å². The average Bonchev–Trinajstić information content (AvgIpc) is 2.77. The van der Waals surface area contributed by atoms with Crippen LogP contribution in [0.25, 0.3) is 0 Å². The molecule has 2 aromatic carbocycles. The van der Waals surface area contributed by atoms with Crippen molar-refractivity contribution in [1.82, 2.24) is 0 Å². The number of hydrogen-bond donors (Lipinski definition) is 0. The molecule has 2 aromatic rings. The molecule has 0 heterocycles. The lowest BCUT2D eigenvalue weighted by Crippen LogP contribution is -2.10. The summed E-state index contributed by atoms with van der Waals surface area (Å²) < 4.78 is 21.3. The third-order valence-electron chi connectivity index (χ3n) is 3.91. The lowest BCUT2D eigenvalue weighted by atomic mass is 10.2. The van der Waals surface area contributed by atoms with E-state index in [2.05, 4.69) is 6.58 Å². The molecule has 0 fully saturated rings. The molecule has 0 saturated heterocycles. The Morgan fingerprint density at radius 1 is 0.967 bits per heavy atom. The van der Waals surface area contributed by atoms with Crippen molar-refractivity contribution in [2.45, 2.75) is 19.8 Å². The zero-order valence-electron chi connectivity index (χ0n) is 16.8. The smallest absolute Gasteiger partial charge is 0.343 e. The summed E-state index contributed by atoms with van der Waals surface area (Å²) in [7, 11) is 0. The van der Waals surface area contributed by atoms with Gasteiger partial charge >= 0.3 is 11.9 Å². The van der Waals surface area contributed by atoms with E-state index in [0.29, 0.717) is 61.6 Å². The van der Waals surface area contributed by atoms with E-state index in [1.54, 1.807) is 37.3 Å². The minimum atomic E-state index is -0.551. The summed E-state index contributed by atoms with van der Waals surface area (Å²) in [5, 5.41) is 0. The molecular weight excluding hydrogens is 388 g/mol. The zero-order chi connectivity index (χ0) is 21.8. The van der Waals surface area contributed by atoms with Crippen LogP contribution in [0.5, 0.6) is 17.2 Å². The standard InChI is InChI=1S/C23H24O7/c1-3-22(25)29-14-6-5-13-28-19-10-8-18(9-11-19)23(26)30-20-12-7-17(16-24)15-21(20)27-4-2/h3,7-12,15-16H,1,4-6,13-14H2,2H3. The quantitative estimate of drug-likeness (QED) is 0.171. The summed E-state index contributed by atoms with van der Waals surface area (Å²) in [5.41, 5.74) is 0.777. The van der Waals surface area contributed by atoms with Crippen LogP contribution in [0.4, 0.5) is 0 Å². The Morgan fingerprint density at radius 3 is 2.37 bits per heavy atom. The van der Waals surface area contributed by atoms with Crippen LogP contribution >= 0.6 is 0 Å². The van der Waals surface area contributed by atoms with Crippen LogP contribution in [-0.2, 0) is 9.53 Å². The second-order valence-electron chi connectivity index (χ2n) is 6.10. The van der Waals surface area contributed by atoms with Crippen molar-refractivity contribution in [3.05, 3.63) is 66.2 Å². The second kappa shape index (κ2) is 12.1. The molecule has 158 valence electrons. The number of aldehydes is 1. The Bertz CT molecular complexity index is 872. The van der Waals surface area contributed by atoms with Gasteiger partial charge in [-0.05, 0) is 62.2 Å². The highest BCUT2D eigenvalue weighted by molar-refractivity contribution is 5.91. The Balaban J connectivity index is 1.86. The molecule has 0 aliphatic heterocycles. The van der Waals surface area contributed by atoms with Gasteiger partial charge in [-0.25, -0.2) is 9.59 Å². The van der Waals surface area contributed by atoms with Gasteiger partial charge < -0.3 is 18.9 Å². The van der Waals surface area contributed by atoms with E-state index >= 15 is 0 Å². The molecule has 7 heteroatoms. The Morgan fingerprint density at radius 2 is 1.70 bits per heavy atom. The summed E-state index contributed by atoms with van der Waals surface area (Å²) in [6.45, 7) is 6.27. The number of benzene rings is 2. The van der Waals surface area contributed by atoms with Crippen molar-refractivity contribution in [3.63, 3.8) is 0 Å². The van der Waals surface area contributed by atoms with E-state index in [-0.39, 0.29) is 5.75 Å². The van der Waals surface area contributed by atoms with E-state index < -0.39 is 11.9 Å². The number of unbranched alkanes of at least 4 members (excludes halogenated alkanes) is 1. The van der Waals surface area contributed by atoms with E-state index in [0.717, 1.165) is 6.08 Å². The van der Waals surface area contributed by atoms with Crippen LogP contribution in [0.2, 0.25) is 0 Å². The molecule has 0 unspecified atom stereocenters. The monoisotopic (exact) mass is 412 g/mol. The molecule has 2 rings (SSSR count). The number of carbonyl (C=O) groups excluding carboxylic acids is 3. The van der Waals surface area contributed by atoms with Crippen molar-refractivity contribution in [3.8, 4) is 17.2 Å². The number of ether oxygens (including phenoxy) is 4. The zero-order valence-corrected chi connectivity index (χ0v) is 16.8. The van der Waals surface area contributed by atoms with Crippen LogP contribution in [0.15, 0.2) is 55.1 Å². The van der Waals surface area contributed by atoms with Gasteiger partial charge in [-0.3, -0.25) is 4.79 Å². The van der Waals surface area contributed by atoms with Gasteiger partial charge in [0.25, 0.3) is 0 Å². The van der Waals surface area contributed by atoms with Gasteiger partial charge in [-0.2, -0.15) is 0 Å². The molecule has 0 N–H and O–H groups in total. The fraction of sp³-hybridized carbons (Fsp3) is 0.261. The molecule has 0 amide bonds. The molecule has 0 aromatic heterocycles. The van der Waals surface area contributed by atoms with Gasteiger partial charge in [0.1, 0.15) is 12.0 Å². The summed E-state index contributed by atoms with van der Waals surface area (Å²) in [6, 6.07) is 11.1. The maximum atomic E-state index is 12.4. The Hall–Kier alpha value is -3.61. The molecule has 0 spiro atoms. The molecule has 30 heavy (non-hydrogen) atoms. The first-order valence-electron chi connectivity index (χ1n) is 9.53. The lowest BCUT2D eigenvalue weighted by molar-refractivity contribution is -0.137. The average molecular weight is 412 g/mol. The number of hydrogen-bond acceptors (Lipinski definition) is 7. The Labute approximate surface area is 175 Å². The highest BCUT2D eigenvalue weighted by Gasteiger charge is 2.13. The van der Waals surface area contributed by atoms with Gasteiger partial charge in [-0.15, -0.1) is 0 Å². The maximum absolute atomic E-state index is 12.4. The van der Waals surface area contributed by atoms with Gasteiger partial charge in [-0.1, -0.05) is 6.58 Å². The van der Waals surface area contributed by atoms with Crippen LogP contribution in [0, 0.1) is 0 Å². The molecule has 0 aliphatic rings. The van der Waals surface area contributed by atoms with Gasteiger partial charge in [0.15, 0.2) is 11.5 Å². The lowest BCUT2D eigenvalue weighted by Gasteiger charge is -2.11. The minimum Gasteiger partial charge on any atom is -0.494 e. The number of esters is 2. The van der Waals surface area contributed by atoms with E-state index in [4.69, 9.17) is 18.9 Å². The maximum Gasteiger partial charge on any atom is 0.343 e. The van der Waals surface area contributed by atoms with E-state index in [1.807, 2.05) is 0 Å². The van der Waals surface area contributed by atoms with Crippen molar-refractivity contribution in [2.75, 3.05) is 19.8 Å². The molecular formula is C23H24O7. The third-order valence-corrected chi connectivity index (χ3v) is 3.91. The first kappa shape index (κ1) is 22.7. The fourth-order valence-corrected chi connectivity index (χ4v) is 2.42. The summed E-state index contributed by atoms with van der Waals surface area (Å²) in [5.74, 6) is 0.191.